The number of carbonyl (C=O) groups excluding carboxylic acids is 1. The highest BCUT2D eigenvalue weighted by atomic mass is 35.5. The minimum atomic E-state index is -0.545. The standard InChI is InChI=1S/C18H17Cl2N3O3S/c1-23-5-4-21-17(23)15(10-6-11(25-2)8-12(7-10)26-3)22-18(24)13-9-14(19)27-16(13)20/h4-9,15H,1-3H3,(H,22,24). The summed E-state index contributed by atoms with van der Waals surface area (Å²) in [5.41, 5.74) is 1.08. The van der Waals surface area contributed by atoms with Crippen LogP contribution in [-0.2, 0) is 7.05 Å². The van der Waals surface area contributed by atoms with Crippen LogP contribution in [0.15, 0.2) is 36.7 Å². The zero-order chi connectivity index (χ0) is 19.6. The van der Waals surface area contributed by atoms with Gasteiger partial charge in [0.15, 0.2) is 0 Å². The normalized spacial score (nSPS) is 11.9. The molecule has 0 aliphatic rings. The molecule has 9 heteroatoms. The zero-order valence-corrected chi connectivity index (χ0v) is 17.2. The highest BCUT2D eigenvalue weighted by molar-refractivity contribution is 7.20. The molecule has 3 aromatic rings. The van der Waals surface area contributed by atoms with E-state index in [0.717, 1.165) is 16.9 Å². The Balaban J connectivity index is 2.04. The van der Waals surface area contributed by atoms with Crippen LogP contribution in [0, 0.1) is 0 Å². The first-order valence-corrected chi connectivity index (χ1v) is 9.46. The van der Waals surface area contributed by atoms with Gasteiger partial charge in [0, 0.05) is 25.5 Å². The Hall–Kier alpha value is -2.22. The third-order valence-electron chi connectivity index (χ3n) is 4.00. The van der Waals surface area contributed by atoms with Crippen LogP contribution in [0.5, 0.6) is 11.5 Å². The molecule has 142 valence electrons. The third-order valence-corrected chi connectivity index (χ3v) is 5.49. The van der Waals surface area contributed by atoms with Crippen molar-refractivity contribution >= 4 is 40.4 Å². The third kappa shape index (κ3) is 4.21. The van der Waals surface area contributed by atoms with Crippen molar-refractivity contribution in [3.8, 4) is 11.5 Å². The van der Waals surface area contributed by atoms with Gasteiger partial charge in [0.05, 0.1) is 24.1 Å². The summed E-state index contributed by atoms with van der Waals surface area (Å²) >= 11 is 13.2. The first-order chi connectivity index (χ1) is 12.9. The topological polar surface area (TPSA) is 65.4 Å². The number of hydrogen-bond donors (Lipinski definition) is 1. The van der Waals surface area contributed by atoms with E-state index in [4.69, 9.17) is 32.7 Å². The molecule has 6 nitrogen and oxygen atoms in total. The number of halogens is 2. The fraction of sp³-hybridized carbons (Fsp3) is 0.222. The van der Waals surface area contributed by atoms with Crippen LogP contribution in [0.1, 0.15) is 27.8 Å². The van der Waals surface area contributed by atoms with Crippen molar-refractivity contribution in [1.82, 2.24) is 14.9 Å². The summed E-state index contributed by atoms with van der Waals surface area (Å²) in [5, 5.41) is 2.98. The van der Waals surface area contributed by atoms with Gasteiger partial charge in [0.1, 0.15) is 27.7 Å². The second-order valence-electron chi connectivity index (χ2n) is 5.69. The largest absolute Gasteiger partial charge is 0.497 e. The highest BCUT2D eigenvalue weighted by Crippen LogP contribution is 2.33. The van der Waals surface area contributed by atoms with Crippen LogP contribution in [0.4, 0.5) is 0 Å². The molecule has 0 radical (unpaired) electrons. The maximum atomic E-state index is 12.8. The number of aromatic nitrogens is 2. The van der Waals surface area contributed by atoms with E-state index in [9.17, 15) is 4.79 Å². The monoisotopic (exact) mass is 425 g/mol. The van der Waals surface area contributed by atoms with E-state index in [0.29, 0.717) is 31.6 Å². The van der Waals surface area contributed by atoms with Gasteiger partial charge in [-0.25, -0.2) is 4.98 Å². The molecule has 0 spiro atoms. The quantitative estimate of drug-likeness (QED) is 0.638. The Labute approximate surface area is 170 Å². The molecular formula is C18H17Cl2N3O3S. The maximum Gasteiger partial charge on any atom is 0.254 e. The van der Waals surface area contributed by atoms with E-state index < -0.39 is 6.04 Å². The van der Waals surface area contributed by atoms with E-state index in [1.165, 1.54) is 0 Å². The first-order valence-electron chi connectivity index (χ1n) is 7.88. The predicted molar refractivity (Wildman–Crippen MR) is 106 cm³/mol. The Bertz CT molecular complexity index is 948. The molecule has 0 aliphatic carbocycles. The van der Waals surface area contributed by atoms with Crippen molar-refractivity contribution in [2.75, 3.05) is 14.2 Å². The summed E-state index contributed by atoms with van der Waals surface area (Å²) in [4.78, 5) is 17.2. The molecule has 0 saturated heterocycles. The first kappa shape index (κ1) is 19.5. The number of benzene rings is 1. The zero-order valence-electron chi connectivity index (χ0n) is 14.8. The summed E-state index contributed by atoms with van der Waals surface area (Å²) in [7, 11) is 4.99. The fourth-order valence-electron chi connectivity index (χ4n) is 2.65. The number of amides is 1. The Kier molecular flexibility index (Phi) is 5.94. The molecule has 0 saturated carbocycles. The SMILES string of the molecule is COc1cc(OC)cc(C(NC(=O)c2cc(Cl)sc2Cl)c2nccn2C)c1. The molecule has 1 amide bonds. The van der Waals surface area contributed by atoms with Crippen LogP contribution in [0.2, 0.25) is 8.67 Å². The number of ether oxygens (including phenoxy) is 2. The molecule has 1 N–H and O–H groups in total. The lowest BCUT2D eigenvalue weighted by Crippen LogP contribution is -2.31. The Morgan fingerprint density at radius 1 is 1.19 bits per heavy atom. The number of thiophene rings is 1. The summed E-state index contributed by atoms with van der Waals surface area (Å²) in [6, 6.07) is 6.41. The van der Waals surface area contributed by atoms with Gasteiger partial charge in [-0.3, -0.25) is 4.79 Å². The van der Waals surface area contributed by atoms with E-state index in [1.807, 2.05) is 23.7 Å². The van der Waals surface area contributed by atoms with Gasteiger partial charge in [0.25, 0.3) is 5.91 Å². The molecule has 1 aromatic carbocycles. The molecule has 2 heterocycles. The van der Waals surface area contributed by atoms with E-state index in [1.54, 1.807) is 38.7 Å². The van der Waals surface area contributed by atoms with Crippen molar-refractivity contribution in [3.63, 3.8) is 0 Å². The van der Waals surface area contributed by atoms with E-state index in [2.05, 4.69) is 10.3 Å². The summed E-state index contributed by atoms with van der Waals surface area (Å²) in [6.07, 6.45) is 3.47. The summed E-state index contributed by atoms with van der Waals surface area (Å²) in [6.45, 7) is 0. The van der Waals surface area contributed by atoms with Gasteiger partial charge in [-0.15, -0.1) is 11.3 Å². The van der Waals surface area contributed by atoms with Gasteiger partial charge in [-0.05, 0) is 23.8 Å². The maximum absolute atomic E-state index is 12.8. The minimum absolute atomic E-state index is 0.320. The van der Waals surface area contributed by atoms with Crippen molar-refractivity contribution in [2.24, 2.45) is 7.05 Å². The minimum Gasteiger partial charge on any atom is -0.497 e. The molecule has 1 atom stereocenters. The Morgan fingerprint density at radius 2 is 1.85 bits per heavy atom. The fourth-order valence-corrected chi connectivity index (χ4v) is 4.11. The molecule has 3 rings (SSSR count). The Morgan fingerprint density at radius 3 is 2.33 bits per heavy atom. The molecular weight excluding hydrogens is 409 g/mol. The van der Waals surface area contributed by atoms with Crippen molar-refractivity contribution < 1.29 is 14.3 Å². The number of imidazole rings is 1. The van der Waals surface area contributed by atoms with Crippen molar-refractivity contribution in [3.05, 3.63) is 62.3 Å². The number of aryl methyl sites for hydroxylation is 1. The molecule has 27 heavy (non-hydrogen) atoms. The highest BCUT2D eigenvalue weighted by Gasteiger charge is 2.24. The van der Waals surface area contributed by atoms with Crippen molar-refractivity contribution in [2.45, 2.75) is 6.04 Å². The average Bonchev–Trinajstić information content (AvgIpc) is 3.23. The molecule has 2 aromatic heterocycles. The second kappa shape index (κ2) is 8.21. The molecule has 0 bridgehead atoms. The van der Waals surface area contributed by atoms with Gasteiger partial charge in [-0.1, -0.05) is 23.2 Å². The van der Waals surface area contributed by atoms with Crippen LogP contribution in [-0.4, -0.2) is 29.7 Å². The predicted octanol–water partition coefficient (Wildman–Crippen LogP) is 4.33. The van der Waals surface area contributed by atoms with Gasteiger partial charge in [0.2, 0.25) is 0 Å². The number of nitrogens with zero attached hydrogens (tertiary/aromatic N) is 2. The van der Waals surface area contributed by atoms with Crippen LogP contribution < -0.4 is 14.8 Å². The van der Waals surface area contributed by atoms with Gasteiger partial charge in [-0.2, -0.15) is 0 Å². The van der Waals surface area contributed by atoms with Crippen LogP contribution in [0.25, 0.3) is 0 Å². The number of carbonyl (C=O) groups is 1. The molecule has 0 fully saturated rings. The van der Waals surface area contributed by atoms with Crippen LogP contribution >= 0.6 is 34.5 Å². The van der Waals surface area contributed by atoms with E-state index >= 15 is 0 Å². The number of rotatable bonds is 6. The number of nitrogens with one attached hydrogen (secondary N) is 1. The smallest absolute Gasteiger partial charge is 0.254 e. The lowest BCUT2D eigenvalue weighted by atomic mass is 10.0. The lowest BCUT2D eigenvalue weighted by Gasteiger charge is -2.20. The van der Waals surface area contributed by atoms with Gasteiger partial charge < -0.3 is 19.4 Å². The van der Waals surface area contributed by atoms with Crippen LogP contribution in [0.3, 0.4) is 0 Å². The summed E-state index contributed by atoms with van der Waals surface area (Å²) in [5.74, 6) is 1.51. The van der Waals surface area contributed by atoms with E-state index in [-0.39, 0.29) is 5.91 Å². The second-order valence-corrected chi connectivity index (χ2v) is 7.97. The van der Waals surface area contributed by atoms with Crippen molar-refractivity contribution in [1.29, 1.82) is 0 Å². The average molecular weight is 426 g/mol. The molecule has 1 unspecified atom stereocenters. The lowest BCUT2D eigenvalue weighted by molar-refractivity contribution is 0.0941. The molecule has 0 aliphatic heterocycles. The summed E-state index contributed by atoms with van der Waals surface area (Å²) < 4.78 is 13.3. The number of hydrogen-bond acceptors (Lipinski definition) is 5. The number of methoxy groups -OCH3 is 2. The van der Waals surface area contributed by atoms with Gasteiger partial charge >= 0.3 is 0 Å².